The van der Waals surface area contributed by atoms with Crippen molar-refractivity contribution in [1.82, 2.24) is 19.6 Å². The van der Waals surface area contributed by atoms with Crippen molar-refractivity contribution in [2.45, 2.75) is 33.2 Å². The fourth-order valence-electron chi connectivity index (χ4n) is 3.82. The molecule has 0 radical (unpaired) electrons. The van der Waals surface area contributed by atoms with Crippen molar-refractivity contribution in [2.24, 2.45) is 5.92 Å². The summed E-state index contributed by atoms with van der Waals surface area (Å²) in [5.41, 5.74) is 3.21. The molecule has 2 amide bonds. The summed E-state index contributed by atoms with van der Waals surface area (Å²) < 4.78 is 1.84. The van der Waals surface area contributed by atoms with Gasteiger partial charge in [-0.1, -0.05) is 29.8 Å². The van der Waals surface area contributed by atoms with Crippen LogP contribution in [-0.4, -0.2) is 57.6 Å². The Kier molecular flexibility index (Phi) is 5.15. The van der Waals surface area contributed by atoms with E-state index in [1.165, 1.54) is 0 Å². The molecule has 2 fully saturated rings. The number of hydrogen-bond donors (Lipinski definition) is 0. The third kappa shape index (κ3) is 3.65. The minimum Gasteiger partial charge on any atom is -0.339 e. The van der Waals surface area contributed by atoms with Crippen molar-refractivity contribution < 1.29 is 9.59 Å². The minimum atomic E-state index is -0.000991. The first-order chi connectivity index (χ1) is 13.5. The molecular formula is C21H25ClN4O2. The maximum Gasteiger partial charge on any atom is 0.257 e. The molecule has 2 aliphatic rings. The first-order valence-electron chi connectivity index (χ1n) is 9.81. The first-order valence-corrected chi connectivity index (χ1v) is 10.2. The van der Waals surface area contributed by atoms with Crippen LogP contribution in [0.2, 0.25) is 5.02 Å². The molecule has 4 rings (SSSR count). The van der Waals surface area contributed by atoms with E-state index in [2.05, 4.69) is 5.10 Å². The summed E-state index contributed by atoms with van der Waals surface area (Å²) >= 11 is 6.27. The normalized spacial score (nSPS) is 17.1. The van der Waals surface area contributed by atoms with Crippen LogP contribution in [0, 0.1) is 19.8 Å². The van der Waals surface area contributed by atoms with E-state index in [9.17, 15) is 9.59 Å². The van der Waals surface area contributed by atoms with Gasteiger partial charge in [-0.3, -0.25) is 14.3 Å². The summed E-state index contributed by atoms with van der Waals surface area (Å²) in [5, 5.41) is 5.28. The topological polar surface area (TPSA) is 58.4 Å². The highest BCUT2D eigenvalue weighted by atomic mass is 35.5. The molecule has 1 aromatic carbocycles. The molecule has 2 heterocycles. The Balaban J connectivity index is 1.47. The Morgan fingerprint density at radius 2 is 1.71 bits per heavy atom. The summed E-state index contributed by atoms with van der Waals surface area (Å²) in [6, 6.07) is 7.67. The van der Waals surface area contributed by atoms with Gasteiger partial charge in [0.2, 0.25) is 5.91 Å². The van der Waals surface area contributed by atoms with E-state index < -0.39 is 0 Å². The van der Waals surface area contributed by atoms with Crippen LogP contribution >= 0.6 is 11.6 Å². The Hall–Kier alpha value is -2.34. The minimum absolute atomic E-state index is 0.000991. The fourth-order valence-corrected chi connectivity index (χ4v) is 4.02. The molecule has 0 N–H and O–H groups in total. The first kappa shape index (κ1) is 19.0. The lowest BCUT2D eigenvalue weighted by Crippen LogP contribution is -2.51. The molecule has 0 unspecified atom stereocenters. The van der Waals surface area contributed by atoms with Crippen LogP contribution in [0.3, 0.4) is 0 Å². The van der Waals surface area contributed by atoms with Gasteiger partial charge in [0.25, 0.3) is 5.91 Å². The van der Waals surface area contributed by atoms with Crippen molar-refractivity contribution in [2.75, 3.05) is 26.2 Å². The van der Waals surface area contributed by atoms with Crippen LogP contribution < -0.4 is 0 Å². The van der Waals surface area contributed by atoms with Gasteiger partial charge in [0.15, 0.2) is 0 Å². The quantitative estimate of drug-likeness (QED) is 0.792. The largest absolute Gasteiger partial charge is 0.339 e. The number of piperazine rings is 1. The molecule has 2 aromatic rings. The molecular weight excluding hydrogens is 376 g/mol. The molecule has 1 aromatic heterocycles. The monoisotopic (exact) mass is 400 g/mol. The maximum absolute atomic E-state index is 13.1. The molecule has 0 atom stereocenters. The lowest BCUT2D eigenvalue weighted by atomic mass is 10.1. The molecule has 7 heteroatoms. The number of carbonyl (C=O) groups excluding carboxylic acids is 2. The van der Waals surface area contributed by atoms with Crippen molar-refractivity contribution in [1.29, 1.82) is 0 Å². The fraction of sp³-hybridized carbons (Fsp3) is 0.476. The van der Waals surface area contributed by atoms with Crippen LogP contribution in [-0.2, 0) is 11.3 Å². The van der Waals surface area contributed by atoms with Gasteiger partial charge in [0, 0.05) is 42.8 Å². The number of carbonyl (C=O) groups is 2. The van der Waals surface area contributed by atoms with Crippen molar-refractivity contribution in [3.8, 4) is 0 Å². The number of hydrogen-bond acceptors (Lipinski definition) is 3. The Labute approximate surface area is 170 Å². The van der Waals surface area contributed by atoms with Crippen molar-refractivity contribution >= 4 is 23.4 Å². The van der Waals surface area contributed by atoms with Crippen LogP contribution in [0.15, 0.2) is 24.3 Å². The maximum atomic E-state index is 13.1. The van der Waals surface area contributed by atoms with E-state index in [4.69, 9.17) is 11.6 Å². The highest BCUT2D eigenvalue weighted by Gasteiger charge is 2.35. The standard InChI is InChI=1S/C21H25ClN4O2/c1-14-19(15(2)26(23-14)13-17-5-3-4-6-18(17)22)21(28)25-11-9-24(10-12-25)20(27)16-7-8-16/h3-6,16H,7-13H2,1-2H3. The number of aryl methyl sites for hydroxylation is 1. The smallest absolute Gasteiger partial charge is 0.257 e. The highest BCUT2D eigenvalue weighted by Crippen LogP contribution is 2.31. The zero-order valence-corrected chi connectivity index (χ0v) is 17.1. The van der Waals surface area contributed by atoms with E-state index in [-0.39, 0.29) is 17.7 Å². The van der Waals surface area contributed by atoms with Gasteiger partial charge in [-0.25, -0.2) is 0 Å². The van der Waals surface area contributed by atoms with Gasteiger partial charge in [0.05, 0.1) is 17.8 Å². The van der Waals surface area contributed by atoms with E-state index in [1.54, 1.807) is 0 Å². The van der Waals surface area contributed by atoms with Gasteiger partial charge in [-0.15, -0.1) is 0 Å². The highest BCUT2D eigenvalue weighted by molar-refractivity contribution is 6.31. The molecule has 1 saturated heterocycles. The van der Waals surface area contributed by atoms with Crippen LogP contribution in [0.1, 0.15) is 40.2 Å². The Morgan fingerprint density at radius 1 is 1.07 bits per heavy atom. The number of aromatic nitrogens is 2. The van der Waals surface area contributed by atoms with Gasteiger partial charge in [-0.05, 0) is 38.3 Å². The predicted molar refractivity (Wildman–Crippen MR) is 107 cm³/mol. The summed E-state index contributed by atoms with van der Waals surface area (Å²) in [6.45, 7) is 6.72. The van der Waals surface area contributed by atoms with Crippen LogP contribution in [0.4, 0.5) is 0 Å². The molecule has 1 aliphatic heterocycles. The van der Waals surface area contributed by atoms with E-state index in [0.717, 1.165) is 29.8 Å². The van der Waals surface area contributed by atoms with E-state index in [1.807, 2.05) is 52.6 Å². The zero-order chi connectivity index (χ0) is 19.8. The number of nitrogens with zero attached hydrogens (tertiary/aromatic N) is 4. The van der Waals surface area contributed by atoms with Gasteiger partial charge in [0.1, 0.15) is 0 Å². The van der Waals surface area contributed by atoms with Crippen molar-refractivity contribution in [3.63, 3.8) is 0 Å². The van der Waals surface area contributed by atoms with Crippen LogP contribution in [0.5, 0.6) is 0 Å². The summed E-state index contributed by atoms with van der Waals surface area (Å²) in [4.78, 5) is 29.1. The number of rotatable bonds is 4. The second-order valence-corrected chi connectivity index (χ2v) is 8.09. The number of halogens is 1. The number of amides is 2. The molecule has 0 spiro atoms. The van der Waals surface area contributed by atoms with Gasteiger partial charge in [-0.2, -0.15) is 5.10 Å². The molecule has 1 saturated carbocycles. The molecule has 28 heavy (non-hydrogen) atoms. The lowest BCUT2D eigenvalue weighted by Gasteiger charge is -2.35. The van der Waals surface area contributed by atoms with E-state index in [0.29, 0.717) is 43.3 Å². The summed E-state index contributed by atoms with van der Waals surface area (Å²) in [7, 11) is 0. The lowest BCUT2D eigenvalue weighted by molar-refractivity contribution is -0.134. The second kappa shape index (κ2) is 7.59. The SMILES string of the molecule is Cc1nn(Cc2ccccc2Cl)c(C)c1C(=O)N1CCN(C(=O)C2CC2)CC1. The number of benzene rings is 1. The Bertz CT molecular complexity index is 911. The molecule has 1 aliphatic carbocycles. The van der Waals surface area contributed by atoms with Crippen LogP contribution in [0.25, 0.3) is 0 Å². The third-order valence-corrected chi connectivity index (χ3v) is 6.05. The van der Waals surface area contributed by atoms with Gasteiger partial charge < -0.3 is 9.80 Å². The molecule has 148 valence electrons. The predicted octanol–water partition coefficient (Wildman–Crippen LogP) is 2.90. The molecule has 6 nitrogen and oxygen atoms in total. The second-order valence-electron chi connectivity index (χ2n) is 7.69. The average molecular weight is 401 g/mol. The zero-order valence-electron chi connectivity index (χ0n) is 16.3. The summed E-state index contributed by atoms with van der Waals surface area (Å²) in [6.07, 6.45) is 2.03. The average Bonchev–Trinajstić information content (AvgIpc) is 3.50. The Morgan fingerprint density at radius 3 is 2.36 bits per heavy atom. The van der Waals surface area contributed by atoms with Gasteiger partial charge >= 0.3 is 0 Å². The molecule has 0 bridgehead atoms. The van der Waals surface area contributed by atoms with Crippen molar-refractivity contribution in [3.05, 3.63) is 51.8 Å². The summed E-state index contributed by atoms with van der Waals surface area (Å²) in [5.74, 6) is 0.487. The third-order valence-electron chi connectivity index (χ3n) is 5.68. The van der Waals surface area contributed by atoms with E-state index >= 15 is 0 Å².